The number of aromatic nitrogens is 2. The van der Waals surface area contributed by atoms with Gasteiger partial charge in [-0.3, -0.25) is 0 Å². The first-order valence-electron chi connectivity index (χ1n) is 6.34. The van der Waals surface area contributed by atoms with Crippen LogP contribution in [0, 0.1) is 5.82 Å². The molecule has 0 bridgehead atoms. The molecule has 104 valence electrons. The van der Waals surface area contributed by atoms with Gasteiger partial charge in [0, 0.05) is 23.3 Å². The zero-order valence-corrected chi connectivity index (χ0v) is 11.5. The summed E-state index contributed by atoms with van der Waals surface area (Å²) >= 11 is 5.70. The van der Waals surface area contributed by atoms with Gasteiger partial charge >= 0.3 is 6.01 Å². The molecule has 6 heteroatoms. The average molecular weight is 294 g/mol. The standard InChI is InChI=1S/C14H13ClFN3O/c15-11-2-1-10(12(16)5-11)8-20-14-18-6-9-3-4-17-7-13(9)19-14/h1-2,5-6,17H,3-4,7-8H2. The van der Waals surface area contributed by atoms with Crippen LogP contribution in [0.25, 0.3) is 0 Å². The van der Waals surface area contributed by atoms with Crippen molar-refractivity contribution >= 4 is 11.6 Å². The van der Waals surface area contributed by atoms with Crippen molar-refractivity contribution in [3.05, 3.63) is 52.1 Å². The molecule has 0 aliphatic carbocycles. The van der Waals surface area contributed by atoms with Crippen LogP contribution in [-0.2, 0) is 19.6 Å². The van der Waals surface area contributed by atoms with Gasteiger partial charge in [-0.25, -0.2) is 9.37 Å². The summed E-state index contributed by atoms with van der Waals surface area (Å²) in [6.07, 6.45) is 2.69. The molecule has 2 aromatic rings. The molecule has 0 fully saturated rings. The first-order chi connectivity index (χ1) is 9.72. The normalized spacial score (nSPS) is 13.9. The molecule has 0 atom stereocenters. The Kier molecular flexibility index (Phi) is 3.80. The first-order valence-corrected chi connectivity index (χ1v) is 6.72. The van der Waals surface area contributed by atoms with Gasteiger partial charge in [-0.15, -0.1) is 0 Å². The second-order valence-corrected chi connectivity index (χ2v) is 5.01. The molecule has 0 radical (unpaired) electrons. The molecule has 0 saturated carbocycles. The average Bonchev–Trinajstić information content (AvgIpc) is 2.46. The molecule has 3 rings (SSSR count). The maximum atomic E-state index is 13.6. The van der Waals surface area contributed by atoms with Crippen molar-refractivity contribution in [2.24, 2.45) is 0 Å². The summed E-state index contributed by atoms with van der Waals surface area (Å²) in [5.41, 5.74) is 2.50. The Bertz CT molecular complexity index is 636. The summed E-state index contributed by atoms with van der Waals surface area (Å²) in [5, 5.41) is 3.60. The number of rotatable bonds is 3. The second-order valence-electron chi connectivity index (χ2n) is 4.58. The largest absolute Gasteiger partial charge is 0.458 e. The lowest BCUT2D eigenvalue weighted by Gasteiger charge is -2.16. The van der Waals surface area contributed by atoms with Crippen LogP contribution in [0.5, 0.6) is 6.01 Å². The number of hydrogen-bond donors (Lipinski definition) is 1. The minimum Gasteiger partial charge on any atom is -0.458 e. The summed E-state index contributed by atoms with van der Waals surface area (Å²) in [7, 11) is 0. The van der Waals surface area contributed by atoms with E-state index in [1.165, 1.54) is 6.07 Å². The fourth-order valence-corrected chi connectivity index (χ4v) is 2.22. The molecular formula is C14H13ClFN3O. The van der Waals surface area contributed by atoms with Gasteiger partial charge in [0.2, 0.25) is 0 Å². The summed E-state index contributed by atoms with van der Waals surface area (Å²) in [6.45, 7) is 1.73. The van der Waals surface area contributed by atoms with Crippen LogP contribution in [0.4, 0.5) is 4.39 Å². The lowest BCUT2D eigenvalue weighted by Crippen LogP contribution is -2.25. The minimum atomic E-state index is -0.392. The predicted octanol–water partition coefficient (Wildman–Crippen LogP) is 2.49. The fourth-order valence-electron chi connectivity index (χ4n) is 2.07. The Labute approximate surface area is 121 Å². The minimum absolute atomic E-state index is 0.0786. The van der Waals surface area contributed by atoms with Gasteiger partial charge in [0.15, 0.2) is 0 Å². The van der Waals surface area contributed by atoms with Gasteiger partial charge in [-0.2, -0.15) is 4.98 Å². The number of nitrogens with zero attached hydrogens (tertiary/aromatic N) is 2. The number of benzene rings is 1. The van der Waals surface area contributed by atoms with Crippen LogP contribution in [0.2, 0.25) is 5.02 Å². The Morgan fingerprint density at radius 2 is 2.30 bits per heavy atom. The van der Waals surface area contributed by atoms with Crippen molar-refractivity contribution in [1.82, 2.24) is 15.3 Å². The summed E-state index contributed by atoms with van der Waals surface area (Å²) < 4.78 is 19.1. The number of fused-ring (bicyclic) bond motifs is 1. The smallest absolute Gasteiger partial charge is 0.316 e. The summed E-state index contributed by atoms with van der Waals surface area (Å²) in [6, 6.07) is 4.75. The molecule has 1 aliphatic heterocycles. The third-order valence-corrected chi connectivity index (χ3v) is 3.40. The second kappa shape index (κ2) is 5.73. The molecule has 1 aromatic carbocycles. The lowest BCUT2D eigenvalue weighted by atomic mass is 10.1. The Morgan fingerprint density at radius 1 is 1.40 bits per heavy atom. The van der Waals surface area contributed by atoms with Gasteiger partial charge < -0.3 is 10.1 Å². The molecular weight excluding hydrogens is 281 g/mol. The van der Waals surface area contributed by atoms with Crippen molar-refractivity contribution < 1.29 is 9.13 Å². The van der Waals surface area contributed by atoms with Gasteiger partial charge in [-0.1, -0.05) is 17.7 Å². The van der Waals surface area contributed by atoms with Crippen molar-refractivity contribution in [2.45, 2.75) is 19.6 Å². The van der Waals surface area contributed by atoms with E-state index < -0.39 is 5.82 Å². The Hall–Kier alpha value is -1.72. The molecule has 4 nitrogen and oxygen atoms in total. The monoisotopic (exact) mass is 293 g/mol. The maximum Gasteiger partial charge on any atom is 0.316 e. The van der Waals surface area contributed by atoms with E-state index in [4.69, 9.17) is 16.3 Å². The first kappa shape index (κ1) is 13.3. The topological polar surface area (TPSA) is 47.0 Å². The van der Waals surface area contributed by atoms with Crippen LogP contribution in [-0.4, -0.2) is 16.5 Å². The molecule has 0 unspecified atom stereocenters. The Balaban J connectivity index is 1.72. The van der Waals surface area contributed by atoms with E-state index in [0.29, 0.717) is 17.1 Å². The van der Waals surface area contributed by atoms with Gasteiger partial charge in [0.25, 0.3) is 0 Å². The van der Waals surface area contributed by atoms with E-state index in [2.05, 4.69) is 15.3 Å². The van der Waals surface area contributed by atoms with Crippen molar-refractivity contribution in [2.75, 3.05) is 6.54 Å². The number of nitrogens with one attached hydrogen (secondary N) is 1. The zero-order chi connectivity index (χ0) is 13.9. The van der Waals surface area contributed by atoms with Gasteiger partial charge in [-0.05, 0) is 30.7 Å². The quantitative estimate of drug-likeness (QED) is 0.944. The van der Waals surface area contributed by atoms with Crippen LogP contribution in [0.15, 0.2) is 24.4 Å². The number of ether oxygens (including phenoxy) is 1. The molecule has 1 N–H and O–H groups in total. The molecule has 1 aromatic heterocycles. The highest BCUT2D eigenvalue weighted by atomic mass is 35.5. The van der Waals surface area contributed by atoms with E-state index in [1.54, 1.807) is 18.3 Å². The zero-order valence-electron chi connectivity index (χ0n) is 10.7. The van der Waals surface area contributed by atoms with Crippen molar-refractivity contribution in [3.8, 4) is 6.01 Å². The van der Waals surface area contributed by atoms with E-state index >= 15 is 0 Å². The highest BCUT2D eigenvalue weighted by Gasteiger charge is 2.12. The van der Waals surface area contributed by atoms with E-state index in [9.17, 15) is 4.39 Å². The molecule has 20 heavy (non-hydrogen) atoms. The molecule has 0 spiro atoms. The van der Waals surface area contributed by atoms with Crippen LogP contribution >= 0.6 is 11.6 Å². The SMILES string of the molecule is Fc1cc(Cl)ccc1COc1ncc2c(n1)CNCC2. The third kappa shape index (κ3) is 2.89. The van der Waals surface area contributed by atoms with Crippen molar-refractivity contribution in [1.29, 1.82) is 0 Å². The van der Waals surface area contributed by atoms with Crippen LogP contribution in [0.1, 0.15) is 16.8 Å². The third-order valence-electron chi connectivity index (χ3n) is 3.17. The van der Waals surface area contributed by atoms with Crippen molar-refractivity contribution in [3.63, 3.8) is 0 Å². The van der Waals surface area contributed by atoms with Gasteiger partial charge in [0.05, 0.1) is 5.69 Å². The van der Waals surface area contributed by atoms with Gasteiger partial charge in [0.1, 0.15) is 12.4 Å². The lowest BCUT2D eigenvalue weighted by molar-refractivity contribution is 0.273. The molecule has 2 heterocycles. The summed E-state index contributed by atoms with van der Waals surface area (Å²) in [5.74, 6) is -0.392. The van der Waals surface area contributed by atoms with E-state index in [0.717, 1.165) is 24.2 Å². The molecule has 1 aliphatic rings. The number of hydrogen-bond acceptors (Lipinski definition) is 4. The predicted molar refractivity (Wildman–Crippen MR) is 73.2 cm³/mol. The highest BCUT2D eigenvalue weighted by Crippen LogP contribution is 2.17. The van der Waals surface area contributed by atoms with Crippen LogP contribution < -0.4 is 10.1 Å². The van der Waals surface area contributed by atoms with E-state index in [1.807, 2.05) is 0 Å². The maximum absolute atomic E-state index is 13.6. The number of halogens is 2. The van der Waals surface area contributed by atoms with Crippen LogP contribution in [0.3, 0.4) is 0 Å². The molecule has 0 saturated heterocycles. The van der Waals surface area contributed by atoms with E-state index in [-0.39, 0.29) is 12.6 Å². The Morgan fingerprint density at radius 3 is 3.15 bits per heavy atom. The highest BCUT2D eigenvalue weighted by molar-refractivity contribution is 6.30. The molecule has 0 amide bonds. The summed E-state index contributed by atoms with van der Waals surface area (Å²) in [4.78, 5) is 8.48. The fraction of sp³-hybridized carbons (Fsp3) is 0.286.